The lowest BCUT2D eigenvalue weighted by molar-refractivity contribution is 0.104. The first-order valence-corrected chi connectivity index (χ1v) is 9.65. The monoisotopic (exact) mass is 376 g/mol. The number of hydrogen-bond acceptors (Lipinski definition) is 3. The van der Waals surface area contributed by atoms with Crippen LogP contribution >= 0.6 is 0 Å². The van der Waals surface area contributed by atoms with E-state index in [0.717, 1.165) is 50.0 Å². The van der Waals surface area contributed by atoms with Crippen molar-refractivity contribution >= 4 is 34.1 Å². The van der Waals surface area contributed by atoms with Gasteiger partial charge >= 0.3 is 0 Å². The molecule has 0 radical (unpaired) electrons. The van der Waals surface area contributed by atoms with Crippen LogP contribution in [0.4, 0.5) is 11.4 Å². The van der Waals surface area contributed by atoms with Crippen molar-refractivity contribution in [3.8, 4) is 11.1 Å². The maximum Gasteiger partial charge on any atom is 0.194 e. The van der Waals surface area contributed by atoms with Crippen LogP contribution in [-0.2, 0) is 0 Å². The molecule has 0 bridgehead atoms. The molecule has 0 aliphatic heterocycles. The van der Waals surface area contributed by atoms with Gasteiger partial charge in [0, 0.05) is 47.9 Å². The van der Waals surface area contributed by atoms with Crippen LogP contribution in [0, 0.1) is 0 Å². The fourth-order valence-electron chi connectivity index (χ4n) is 3.98. The van der Waals surface area contributed by atoms with Crippen molar-refractivity contribution in [2.45, 2.75) is 0 Å². The topological polar surface area (TPSA) is 32.7 Å². The second kappa shape index (κ2) is 6.71. The van der Waals surface area contributed by atoms with Crippen molar-refractivity contribution < 1.29 is 4.79 Å². The van der Waals surface area contributed by atoms with Crippen LogP contribution in [0.15, 0.2) is 83.9 Å². The molecule has 0 unspecified atom stereocenters. The number of ketones is 1. The molecular formula is C26H20N2O. The normalized spacial score (nSPS) is 12.4. The van der Waals surface area contributed by atoms with Gasteiger partial charge in [-0.2, -0.15) is 0 Å². The lowest BCUT2D eigenvalue weighted by atomic mass is 9.82. The molecule has 0 heterocycles. The van der Waals surface area contributed by atoms with E-state index < -0.39 is 0 Å². The van der Waals surface area contributed by atoms with Gasteiger partial charge in [0.05, 0.1) is 5.69 Å². The van der Waals surface area contributed by atoms with Gasteiger partial charge in [0.2, 0.25) is 0 Å². The van der Waals surface area contributed by atoms with Crippen LogP contribution in [0.25, 0.3) is 21.9 Å². The Morgan fingerprint density at radius 1 is 0.724 bits per heavy atom. The van der Waals surface area contributed by atoms with E-state index in [-0.39, 0.29) is 5.78 Å². The maximum atomic E-state index is 13.0. The van der Waals surface area contributed by atoms with E-state index >= 15 is 0 Å². The van der Waals surface area contributed by atoms with Crippen molar-refractivity contribution in [3.05, 3.63) is 95.6 Å². The van der Waals surface area contributed by atoms with Gasteiger partial charge in [0.1, 0.15) is 0 Å². The number of hydrogen-bond donors (Lipinski definition) is 0. The lowest BCUT2D eigenvalue weighted by Crippen LogP contribution is -2.09. The molecule has 0 amide bonds. The summed E-state index contributed by atoms with van der Waals surface area (Å²) in [5.74, 6) is 0.0825. The third-order valence-electron chi connectivity index (χ3n) is 5.49. The zero-order chi connectivity index (χ0) is 20.0. The van der Waals surface area contributed by atoms with Gasteiger partial charge in [-0.15, -0.1) is 0 Å². The Morgan fingerprint density at radius 2 is 1.45 bits per heavy atom. The van der Waals surface area contributed by atoms with E-state index in [1.807, 2.05) is 68.8 Å². The first-order chi connectivity index (χ1) is 14.1. The largest absolute Gasteiger partial charge is 0.378 e. The standard InChI is InChI=1S/C26H20N2O/c1-28(2)18-12-10-17(11-13-18)16-27-24-15-14-20-19-6-3-4-7-21(19)26(29)23-9-5-8-22(24)25(20)23/h3-16H,1-2H3. The molecule has 0 spiro atoms. The Labute approximate surface area is 169 Å². The van der Waals surface area contributed by atoms with Crippen LogP contribution in [0.1, 0.15) is 21.5 Å². The van der Waals surface area contributed by atoms with Gasteiger partial charge < -0.3 is 4.90 Å². The van der Waals surface area contributed by atoms with Gasteiger partial charge in [-0.1, -0.05) is 60.7 Å². The third kappa shape index (κ3) is 2.83. The van der Waals surface area contributed by atoms with Crippen molar-refractivity contribution in [2.24, 2.45) is 4.99 Å². The molecule has 5 rings (SSSR count). The van der Waals surface area contributed by atoms with Crippen LogP contribution < -0.4 is 4.90 Å². The van der Waals surface area contributed by atoms with Crippen molar-refractivity contribution in [3.63, 3.8) is 0 Å². The Hall–Kier alpha value is -3.72. The molecule has 3 nitrogen and oxygen atoms in total. The number of carbonyl (C=O) groups is 1. The van der Waals surface area contributed by atoms with E-state index in [9.17, 15) is 4.79 Å². The number of anilines is 1. The van der Waals surface area contributed by atoms with Crippen molar-refractivity contribution in [2.75, 3.05) is 19.0 Å². The summed E-state index contributed by atoms with van der Waals surface area (Å²) in [5, 5.41) is 2.00. The Morgan fingerprint density at radius 3 is 2.21 bits per heavy atom. The molecule has 0 fully saturated rings. The maximum absolute atomic E-state index is 13.0. The number of fused-ring (bicyclic) bond motifs is 2. The summed E-state index contributed by atoms with van der Waals surface area (Å²) in [5.41, 5.74) is 6.68. The summed E-state index contributed by atoms with van der Waals surface area (Å²) in [6, 6.07) is 26.1. The second-order valence-electron chi connectivity index (χ2n) is 7.48. The number of nitrogens with zero attached hydrogens (tertiary/aromatic N) is 2. The van der Waals surface area contributed by atoms with Gasteiger partial charge in [0.15, 0.2) is 5.78 Å². The van der Waals surface area contributed by atoms with E-state index in [4.69, 9.17) is 4.99 Å². The van der Waals surface area contributed by atoms with Crippen LogP contribution in [0.2, 0.25) is 0 Å². The SMILES string of the molecule is CN(C)c1ccc(C=Nc2ccc3c4c(cccc24)C(=O)c2ccccc2-3)cc1. The molecule has 4 aromatic carbocycles. The van der Waals surface area contributed by atoms with E-state index in [0.29, 0.717) is 0 Å². The quantitative estimate of drug-likeness (QED) is 0.369. The van der Waals surface area contributed by atoms with Crippen LogP contribution in [-0.4, -0.2) is 26.1 Å². The fourth-order valence-corrected chi connectivity index (χ4v) is 3.98. The lowest BCUT2D eigenvalue weighted by Gasteiger charge is -2.20. The first kappa shape index (κ1) is 17.4. The summed E-state index contributed by atoms with van der Waals surface area (Å²) in [6.07, 6.45) is 1.88. The highest BCUT2D eigenvalue weighted by Gasteiger charge is 2.25. The predicted molar refractivity (Wildman–Crippen MR) is 121 cm³/mol. The minimum absolute atomic E-state index is 0.0825. The van der Waals surface area contributed by atoms with Crippen LogP contribution in [0.5, 0.6) is 0 Å². The molecule has 1 aliphatic carbocycles. The smallest absolute Gasteiger partial charge is 0.194 e. The molecule has 0 atom stereocenters. The zero-order valence-corrected chi connectivity index (χ0v) is 16.4. The number of carbonyl (C=O) groups excluding carboxylic acids is 1. The number of aliphatic imine (C=N–C) groups is 1. The third-order valence-corrected chi connectivity index (χ3v) is 5.49. The summed E-state index contributed by atoms with van der Waals surface area (Å²) in [6.45, 7) is 0. The van der Waals surface area contributed by atoms with Gasteiger partial charge in [0.25, 0.3) is 0 Å². The number of benzene rings is 4. The average Bonchev–Trinajstić information content (AvgIpc) is 2.76. The average molecular weight is 376 g/mol. The van der Waals surface area contributed by atoms with E-state index in [1.165, 1.54) is 0 Å². The Kier molecular flexibility index (Phi) is 4.02. The molecule has 4 aromatic rings. The molecule has 0 saturated heterocycles. The van der Waals surface area contributed by atoms with E-state index in [2.05, 4.69) is 35.2 Å². The summed E-state index contributed by atoms with van der Waals surface area (Å²) < 4.78 is 0. The molecule has 0 saturated carbocycles. The van der Waals surface area contributed by atoms with Gasteiger partial charge in [-0.25, -0.2) is 0 Å². The zero-order valence-electron chi connectivity index (χ0n) is 16.4. The van der Waals surface area contributed by atoms with Crippen molar-refractivity contribution in [1.82, 2.24) is 0 Å². The molecular weight excluding hydrogens is 356 g/mol. The summed E-state index contributed by atoms with van der Waals surface area (Å²) >= 11 is 0. The molecule has 0 aromatic heterocycles. The van der Waals surface area contributed by atoms with E-state index in [1.54, 1.807) is 0 Å². The highest BCUT2D eigenvalue weighted by atomic mass is 16.1. The highest BCUT2D eigenvalue weighted by molar-refractivity contribution is 6.27. The Balaban J connectivity index is 1.63. The molecule has 140 valence electrons. The molecule has 1 aliphatic rings. The van der Waals surface area contributed by atoms with Crippen molar-refractivity contribution in [1.29, 1.82) is 0 Å². The second-order valence-corrected chi connectivity index (χ2v) is 7.48. The molecule has 0 N–H and O–H groups in total. The first-order valence-electron chi connectivity index (χ1n) is 9.65. The Bertz CT molecular complexity index is 1280. The van der Waals surface area contributed by atoms with Crippen LogP contribution in [0.3, 0.4) is 0 Å². The van der Waals surface area contributed by atoms with Gasteiger partial charge in [-0.3, -0.25) is 9.79 Å². The number of rotatable bonds is 3. The molecule has 29 heavy (non-hydrogen) atoms. The highest BCUT2D eigenvalue weighted by Crippen LogP contribution is 2.42. The summed E-state index contributed by atoms with van der Waals surface area (Å²) in [4.78, 5) is 19.9. The predicted octanol–water partition coefficient (Wildman–Crippen LogP) is 5.87. The fraction of sp³-hybridized carbons (Fsp3) is 0.0769. The van der Waals surface area contributed by atoms with Gasteiger partial charge in [-0.05, 0) is 34.9 Å². The minimum atomic E-state index is 0.0825. The molecule has 3 heteroatoms. The minimum Gasteiger partial charge on any atom is -0.378 e. The summed E-state index contributed by atoms with van der Waals surface area (Å²) in [7, 11) is 4.05.